The molecule has 0 heterocycles. The van der Waals surface area contributed by atoms with E-state index in [0.717, 1.165) is 32.1 Å². The number of likely N-dealkylation sites (N-methyl/N-ethyl adjacent to an activating group) is 1. The molecule has 4 N–H and O–H groups in total. The van der Waals surface area contributed by atoms with Gasteiger partial charge in [-0.1, -0.05) is 31.4 Å². The van der Waals surface area contributed by atoms with Crippen molar-refractivity contribution in [1.29, 1.82) is 0 Å². The Labute approximate surface area is 178 Å². The summed E-state index contributed by atoms with van der Waals surface area (Å²) in [4.78, 5) is 24.8. The largest absolute Gasteiger partial charge is 0.505 e. The molecule has 0 aliphatic heterocycles. The molecule has 0 amide bonds. The summed E-state index contributed by atoms with van der Waals surface area (Å²) in [7, 11) is 1.77. The van der Waals surface area contributed by atoms with Gasteiger partial charge in [-0.15, -0.1) is 0 Å². The summed E-state index contributed by atoms with van der Waals surface area (Å²) in [5.74, 6) is -0.114. The molecule has 158 valence electrons. The Morgan fingerprint density at radius 2 is 1.86 bits per heavy atom. The number of hydrogen-bond donors (Lipinski definition) is 4. The Balaban J connectivity index is 1.87. The second-order valence-corrected chi connectivity index (χ2v) is 9.06. The van der Waals surface area contributed by atoms with Crippen molar-refractivity contribution in [2.75, 3.05) is 30.8 Å². The van der Waals surface area contributed by atoms with Gasteiger partial charge in [0, 0.05) is 12.1 Å². The standard InChI is InChI=1S/C20H26ClN3O4S/c1-3-20(8-4-5-9-20)23-15-14(17(27)18(15)28)22-13-7-6-12(21)19(16(13)26)29-24(2)10-11-25/h6-7,22-23,25-26H,3-5,8-11H2,1-2H3. The van der Waals surface area contributed by atoms with Crippen molar-refractivity contribution < 1.29 is 10.2 Å². The summed E-state index contributed by atoms with van der Waals surface area (Å²) in [5.41, 5.74) is -0.530. The summed E-state index contributed by atoms with van der Waals surface area (Å²) in [6.07, 6.45) is 4.99. The zero-order valence-electron chi connectivity index (χ0n) is 16.5. The molecule has 1 fully saturated rings. The van der Waals surface area contributed by atoms with Gasteiger partial charge in [0.25, 0.3) is 10.9 Å². The van der Waals surface area contributed by atoms with Gasteiger partial charge in [0.1, 0.15) is 11.4 Å². The minimum atomic E-state index is -0.599. The van der Waals surface area contributed by atoms with Crippen LogP contribution in [0.5, 0.6) is 5.75 Å². The first-order chi connectivity index (χ1) is 13.8. The number of aliphatic hydroxyl groups excluding tert-OH is 1. The third-order valence-electron chi connectivity index (χ3n) is 5.54. The summed E-state index contributed by atoms with van der Waals surface area (Å²) in [5, 5.41) is 26.3. The molecular formula is C20H26ClN3O4S. The lowest BCUT2D eigenvalue weighted by Gasteiger charge is -2.31. The molecule has 9 heteroatoms. The monoisotopic (exact) mass is 439 g/mol. The lowest BCUT2D eigenvalue weighted by atomic mass is 9.93. The first-order valence-electron chi connectivity index (χ1n) is 9.72. The molecule has 7 nitrogen and oxygen atoms in total. The van der Waals surface area contributed by atoms with Gasteiger partial charge in [0.2, 0.25) is 0 Å². The van der Waals surface area contributed by atoms with E-state index in [0.29, 0.717) is 27.8 Å². The van der Waals surface area contributed by atoms with Gasteiger partial charge in [0.05, 0.1) is 22.2 Å². The van der Waals surface area contributed by atoms with Gasteiger partial charge in [-0.25, -0.2) is 4.31 Å². The predicted molar refractivity (Wildman–Crippen MR) is 118 cm³/mol. The molecule has 0 unspecified atom stereocenters. The third kappa shape index (κ3) is 4.40. The third-order valence-corrected chi connectivity index (χ3v) is 7.06. The number of phenols is 1. The Bertz CT molecular complexity index is 952. The number of halogens is 1. The molecule has 0 saturated heterocycles. The molecule has 29 heavy (non-hydrogen) atoms. The Morgan fingerprint density at radius 3 is 2.48 bits per heavy atom. The number of hydrogen-bond acceptors (Lipinski definition) is 8. The van der Waals surface area contributed by atoms with Crippen LogP contribution in [-0.2, 0) is 0 Å². The second-order valence-electron chi connectivity index (χ2n) is 7.44. The van der Waals surface area contributed by atoms with Crippen LogP contribution in [0.25, 0.3) is 0 Å². The average Bonchev–Trinajstić information content (AvgIpc) is 3.18. The van der Waals surface area contributed by atoms with Crippen molar-refractivity contribution >= 4 is 40.6 Å². The first kappa shape index (κ1) is 22.0. The SMILES string of the molecule is CCC1(Nc2c(Nc3ccc(Cl)c(SN(C)CCO)c3O)c(=O)c2=O)CCCC1. The van der Waals surface area contributed by atoms with Crippen molar-refractivity contribution in [3.8, 4) is 5.75 Å². The number of anilines is 3. The summed E-state index contributed by atoms with van der Waals surface area (Å²) in [6, 6.07) is 3.18. The topological polar surface area (TPSA) is 102 Å². The minimum Gasteiger partial charge on any atom is -0.505 e. The summed E-state index contributed by atoms with van der Waals surface area (Å²) >= 11 is 7.41. The Hall–Kier alpha value is -1.74. The van der Waals surface area contributed by atoms with Gasteiger partial charge < -0.3 is 20.8 Å². The minimum absolute atomic E-state index is 0.0302. The van der Waals surface area contributed by atoms with E-state index in [4.69, 9.17) is 16.7 Å². The van der Waals surface area contributed by atoms with E-state index in [1.54, 1.807) is 23.5 Å². The molecule has 1 saturated carbocycles. The quantitative estimate of drug-likeness (QED) is 0.268. The maximum Gasteiger partial charge on any atom is 0.253 e. The number of nitrogens with one attached hydrogen (secondary N) is 2. The number of phenolic OH excluding ortho intramolecular Hbond substituents is 1. The molecule has 0 atom stereocenters. The number of rotatable bonds is 9. The van der Waals surface area contributed by atoms with Crippen LogP contribution in [0.3, 0.4) is 0 Å². The van der Waals surface area contributed by atoms with Crippen LogP contribution in [0.4, 0.5) is 17.1 Å². The molecule has 0 spiro atoms. The number of aromatic hydroxyl groups is 1. The number of nitrogens with zero attached hydrogens (tertiary/aromatic N) is 1. The fourth-order valence-electron chi connectivity index (χ4n) is 3.73. The molecule has 2 aromatic carbocycles. The van der Waals surface area contributed by atoms with Crippen LogP contribution in [-0.4, -0.2) is 40.3 Å². The van der Waals surface area contributed by atoms with Gasteiger partial charge in [-0.3, -0.25) is 9.59 Å². The second kappa shape index (κ2) is 8.95. The van der Waals surface area contributed by atoms with E-state index in [1.165, 1.54) is 11.9 Å². The van der Waals surface area contributed by atoms with E-state index in [9.17, 15) is 14.7 Å². The highest BCUT2D eigenvalue weighted by atomic mass is 35.5. The van der Waals surface area contributed by atoms with E-state index >= 15 is 0 Å². The predicted octanol–water partition coefficient (Wildman–Crippen LogP) is 3.45. The molecule has 1 aliphatic carbocycles. The maximum atomic E-state index is 12.2. The number of benzene rings is 1. The molecule has 0 bridgehead atoms. The lowest BCUT2D eigenvalue weighted by Crippen LogP contribution is -2.43. The fourth-order valence-corrected chi connectivity index (χ4v) is 4.82. The first-order valence-corrected chi connectivity index (χ1v) is 10.9. The molecule has 0 radical (unpaired) electrons. The highest BCUT2D eigenvalue weighted by molar-refractivity contribution is 7.97. The van der Waals surface area contributed by atoms with Crippen molar-refractivity contribution in [2.24, 2.45) is 0 Å². The van der Waals surface area contributed by atoms with Gasteiger partial charge in [-0.2, -0.15) is 0 Å². The summed E-state index contributed by atoms with van der Waals surface area (Å²) in [6.45, 7) is 2.44. The number of aliphatic hydroxyl groups is 1. The van der Waals surface area contributed by atoms with Crippen LogP contribution >= 0.6 is 23.5 Å². The van der Waals surface area contributed by atoms with E-state index in [-0.39, 0.29) is 23.6 Å². The van der Waals surface area contributed by atoms with Crippen LogP contribution in [0.1, 0.15) is 39.0 Å². The van der Waals surface area contributed by atoms with Crippen LogP contribution in [0.2, 0.25) is 5.02 Å². The van der Waals surface area contributed by atoms with Crippen molar-refractivity contribution in [3.05, 3.63) is 37.6 Å². The fraction of sp³-hybridized carbons (Fsp3) is 0.500. The molecule has 0 aromatic heterocycles. The molecule has 2 aromatic rings. The Kier molecular flexibility index (Phi) is 6.78. The van der Waals surface area contributed by atoms with Crippen molar-refractivity contribution in [2.45, 2.75) is 49.5 Å². The van der Waals surface area contributed by atoms with Crippen molar-refractivity contribution in [3.63, 3.8) is 0 Å². The zero-order chi connectivity index (χ0) is 21.2. The maximum absolute atomic E-state index is 12.2. The van der Waals surface area contributed by atoms with Crippen LogP contribution in [0, 0.1) is 0 Å². The smallest absolute Gasteiger partial charge is 0.253 e. The highest BCUT2D eigenvalue weighted by Crippen LogP contribution is 2.43. The van der Waals surface area contributed by atoms with Crippen LogP contribution < -0.4 is 21.5 Å². The van der Waals surface area contributed by atoms with Gasteiger partial charge in [0.15, 0.2) is 5.75 Å². The zero-order valence-corrected chi connectivity index (χ0v) is 18.1. The van der Waals surface area contributed by atoms with E-state index < -0.39 is 10.9 Å². The van der Waals surface area contributed by atoms with Gasteiger partial charge >= 0.3 is 0 Å². The molecule has 1 aliphatic rings. The lowest BCUT2D eigenvalue weighted by molar-refractivity contribution is 0.273. The van der Waals surface area contributed by atoms with Crippen molar-refractivity contribution in [1.82, 2.24) is 4.31 Å². The molecule has 3 rings (SSSR count). The molecular weight excluding hydrogens is 414 g/mol. The van der Waals surface area contributed by atoms with E-state index in [2.05, 4.69) is 17.6 Å². The normalized spacial score (nSPS) is 15.9. The highest BCUT2D eigenvalue weighted by Gasteiger charge is 2.35. The summed E-state index contributed by atoms with van der Waals surface area (Å²) < 4.78 is 1.74. The van der Waals surface area contributed by atoms with E-state index in [1.807, 2.05) is 0 Å². The van der Waals surface area contributed by atoms with Gasteiger partial charge in [-0.05, 0) is 50.4 Å². The average molecular weight is 440 g/mol. The van der Waals surface area contributed by atoms with Crippen LogP contribution in [0.15, 0.2) is 26.6 Å². The Morgan fingerprint density at radius 1 is 1.21 bits per heavy atom.